The number of hydrogen-bond donors (Lipinski definition) is 2. The molecule has 0 bridgehead atoms. The minimum atomic E-state index is -0.505. The number of nitrogen functional groups attached to an aromatic ring is 1. The van der Waals surface area contributed by atoms with Gasteiger partial charge in [0.1, 0.15) is 12.4 Å². The monoisotopic (exact) mass is 516 g/mol. The van der Waals surface area contributed by atoms with Gasteiger partial charge in [-0.25, -0.2) is 10.1 Å². The molecule has 13 nitrogen and oxygen atoms in total. The third kappa shape index (κ3) is 6.02. The summed E-state index contributed by atoms with van der Waals surface area (Å²) >= 11 is 0. The van der Waals surface area contributed by atoms with E-state index in [1.165, 1.54) is 4.68 Å². The molecule has 2 aromatic heterocycles. The normalized spacial score (nSPS) is 14.7. The second-order valence-corrected chi connectivity index (χ2v) is 8.89. The molecular formula is C25H28N10O3. The second kappa shape index (κ2) is 11.6. The summed E-state index contributed by atoms with van der Waals surface area (Å²) < 4.78 is 11.9. The molecule has 1 saturated heterocycles. The van der Waals surface area contributed by atoms with Crippen LogP contribution >= 0.6 is 0 Å². The Hall–Kier alpha value is -4.62. The number of nitrogens with one attached hydrogen (secondary N) is 1. The van der Waals surface area contributed by atoms with Gasteiger partial charge in [0.15, 0.2) is 5.69 Å². The average Bonchev–Trinajstić information content (AvgIpc) is 3.55. The van der Waals surface area contributed by atoms with Crippen molar-refractivity contribution in [3.63, 3.8) is 0 Å². The Morgan fingerprint density at radius 2 is 1.87 bits per heavy atom. The topological polar surface area (TPSA) is 153 Å². The van der Waals surface area contributed by atoms with Gasteiger partial charge in [-0.1, -0.05) is 35.5 Å². The number of likely N-dealkylation sites (N-methyl/N-ethyl adjacent to an activating group) is 1. The lowest BCUT2D eigenvalue weighted by Crippen LogP contribution is -2.44. The van der Waals surface area contributed by atoms with Crippen LogP contribution in [-0.2, 0) is 13.2 Å². The van der Waals surface area contributed by atoms with Crippen molar-refractivity contribution >= 4 is 17.9 Å². The van der Waals surface area contributed by atoms with E-state index in [2.05, 4.69) is 48.0 Å². The number of hydrogen-bond acceptors (Lipinski definition) is 11. The molecule has 13 heteroatoms. The number of nitrogens with two attached hydrogens (primary N) is 1. The van der Waals surface area contributed by atoms with Crippen LogP contribution in [0, 0.1) is 0 Å². The number of piperazine rings is 1. The number of ether oxygens (including phenoxy) is 1. The number of benzene rings is 2. The molecule has 38 heavy (non-hydrogen) atoms. The lowest BCUT2D eigenvalue weighted by Gasteiger charge is -2.32. The summed E-state index contributed by atoms with van der Waals surface area (Å²) in [4.78, 5) is 17.5. The van der Waals surface area contributed by atoms with Gasteiger partial charge in [0.05, 0.1) is 11.9 Å². The van der Waals surface area contributed by atoms with Crippen LogP contribution in [0.2, 0.25) is 0 Å². The quantitative estimate of drug-likeness (QED) is 0.246. The van der Waals surface area contributed by atoms with Crippen molar-refractivity contribution < 1.29 is 14.2 Å². The van der Waals surface area contributed by atoms with Gasteiger partial charge in [-0.15, -0.1) is 5.10 Å². The molecule has 1 amide bonds. The molecule has 2 aromatic carbocycles. The lowest BCUT2D eigenvalue weighted by molar-refractivity contribution is 0.0946. The van der Waals surface area contributed by atoms with Gasteiger partial charge in [-0.3, -0.25) is 9.69 Å². The molecule has 0 unspecified atom stereocenters. The summed E-state index contributed by atoms with van der Waals surface area (Å²) in [6.45, 7) is 4.40. The molecule has 0 radical (unpaired) electrons. The Morgan fingerprint density at radius 3 is 2.58 bits per heavy atom. The number of amides is 1. The molecule has 0 saturated carbocycles. The van der Waals surface area contributed by atoms with E-state index in [1.807, 2.05) is 54.6 Å². The maximum absolute atomic E-state index is 13.0. The SMILES string of the molecule is CN1CCN(Cc2c(C(=O)N/N=C/c3ccc(OCc4ccccc4)cc3)nnn2-c2nonc2N)CC1. The van der Waals surface area contributed by atoms with Crippen molar-refractivity contribution in [1.82, 2.24) is 40.5 Å². The Kier molecular flexibility index (Phi) is 7.66. The van der Waals surface area contributed by atoms with Gasteiger partial charge in [0.25, 0.3) is 5.91 Å². The largest absolute Gasteiger partial charge is 0.489 e. The van der Waals surface area contributed by atoms with Crippen LogP contribution in [-0.4, -0.2) is 80.5 Å². The number of rotatable bonds is 9. The van der Waals surface area contributed by atoms with E-state index in [1.54, 1.807) is 6.21 Å². The van der Waals surface area contributed by atoms with Crippen LogP contribution in [0.3, 0.4) is 0 Å². The molecule has 1 aliphatic rings. The first kappa shape index (κ1) is 25.0. The first-order valence-corrected chi connectivity index (χ1v) is 12.1. The van der Waals surface area contributed by atoms with Crippen LogP contribution < -0.4 is 15.9 Å². The lowest BCUT2D eigenvalue weighted by atomic mass is 10.2. The van der Waals surface area contributed by atoms with E-state index in [0.29, 0.717) is 18.8 Å². The van der Waals surface area contributed by atoms with Gasteiger partial charge < -0.3 is 15.4 Å². The van der Waals surface area contributed by atoms with E-state index in [0.717, 1.165) is 43.1 Å². The van der Waals surface area contributed by atoms with Crippen LogP contribution in [0.5, 0.6) is 5.75 Å². The number of aromatic nitrogens is 5. The van der Waals surface area contributed by atoms with Gasteiger partial charge in [0.2, 0.25) is 11.6 Å². The van der Waals surface area contributed by atoms with E-state index >= 15 is 0 Å². The summed E-state index contributed by atoms with van der Waals surface area (Å²) in [6.07, 6.45) is 1.54. The third-order valence-electron chi connectivity index (χ3n) is 6.15. The predicted molar refractivity (Wildman–Crippen MR) is 139 cm³/mol. The Bertz CT molecular complexity index is 1380. The van der Waals surface area contributed by atoms with E-state index in [4.69, 9.17) is 15.1 Å². The van der Waals surface area contributed by atoms with Gasteiger partial charge in [0, 0.05) is 32.7 Å². The van der Waals surface area contributed by atoms with Crippen molar-refractivity contribution in [2.45, 2.75) is 13.2 Å². The highest BCUT2D eigenvalue weighted by atomic mass is 16.6. The van der Waals surface area contributed by atoms with Gasteiger partial charge in [-0.2, -0.15) is 9.78 Å². The summed E-state index contributed by atoms with van der Waals surface area (Å²) in [7, 11) is 2.08. The van der Waals surface area contributed by atoms with Crippen LogP contribution in [0.15, 0.2) is 64.3 Å². The average molecular weight is 517 g/mol. The first-order valence-electron chi connectivity index (χ1n) is 12.1. The molecule has 5 rings (SSSR count). The number of anilines is 1. The summed E-state index contributed by atoms with van der Waals surface area (Å²) in [5.41, 5.74) is 10.9. The summed E-state index contributed by atoms with van der Waals surface area (Å²) in [5.74, 6) is 0.464. The number of carbonyl (C=O) groups is 1. The molecule has 4 aromatic rings. The molecule has 0 spiro atoms. The molecule has 1 aliphatic heterocycles. The highest BCUT2D eigenvalue weighted by Crippen LogP contribution is 2.18. The van der Waals surface area contributed by atoms with Gasteiger partial charge >= 0.3 is 0 Å². The zero-order valence-electron chi connectivity index (χ0n) is 20.9. The zero-order chi connectivity index (χ0) is 26.3. The molecule has 0 atom stereocenters. The van der Waals surface area contributed by atoms with Crippen LogP contribution in [0.4, 0.5) is 5.82 Å². The molecule has 196 valence electrons. The van der Waals surface area contributed by atoms with E-state index in [-0.39, 0.29) is 17.3 Å². The zero-order valence-corrected chi connectivity index (χ0v) is 20.9. The van der Waals surface area contributed by atoms with Crippen molar-refractivity contribution in [2.24, 2.45) is 5.10 Å². The summed E-state index contributed by atoms with van der Waals surface area (Å²) in [6, 6.07) is 17.3. The smallest absolute Gasteiger partial charge is 0.293 e. The van der Waals surface area contributed by atoms with Crippen molar-refractivity contribution in [2.75, 3.05) is 39.0 Å². The van der Waals surface area contributed by atoms with Crippen molar-refractivity contribution in [1.29, 1.82) is 0 Å². The first-order chi connectivity index (χ1) is 18.6. The maximum atomic E-state index is 13.0. The number of hydrazone groups is 1. The maximum Gasteiger partial charge on any atom is 0.293 e. The molecule has 1 fully saturated rings. The third-order valence-corrected chi connectivity index (χ3v) is 6.15. The molecule has 3 heterocycles. The van der Waals surface area contributed by atoms with Crippen molar-refractivity contribution in [3.8, 4) is 11.6 Å². The molecular weight excluding hydrogens is 488 g/mol. The number of nitrogens with zero attached hydrogens (tertiary/aromatic N) is 8. The van der Waals surface area contributed by atoms with E-state index < -0.39 is 5.91 Å². The summed E-state index contributed by atoms with van der Waals surface area (Å²) in [5, 5.41) is 19.7. The minimum absolute atomic E-state index is 0.0516. The highest BCUT2D eigenvalue weighted by molar-refractivity contribution is 5.94. The number of carbonyl (C=O) groups excluding carboxylic acids is 1. The highest BCUT2D eigenvalue weighted by Gasteiger charge is 2.26. The fourth-order valence-corrected chi connectivity index (χ4v) is 3.95. The van der Waals surface area contributed by atoms with Gasteiger partial charge in [-0.05, 0) is 52.8 Å². The fourth-order valence-electron chi connectivity index (χ4n) is 3.95. The minimum Gasteiger partial charge on any atom is -0.489 e. The fraction of sp³-hybridized carbons (Fsp3) is 0.280. The van der Waals surface area contributed by atoms with Crippen molar-refractivity contribution in [3.05, 3.63) is 77.1 Å². The Labute approximate surface area is 218 Å². The van der Waals surface area contributed by atoms with Crippen LogP contribution in [0.25, 0.3) is 5.82 Å². The Balaban J connectivity index is 1.24. The standard InChI is InChI=1S/C25H28N10O3/c1-33-11-13-34(14-12-33)16-21-22(28-32-35(21)24-23(26)30-38-31-24)25(36)29-27-15-18-7-9-20(10-8-18)37-17-19-5-3-2-4-6-19/h2-10,15H,11-14,16-17H2,1H3,(H2,26,30)(H,29,36)/b27-15+. The molecule has 0 aliphatic carbocycles. The van der Waals surface area contributed by atoms with E-state index in [9.17, 15) is 4.79 Å². The Morgan fingerprint density at radius 1 is 1.11 bits per heavy atom. The predicted octanol–water partition coefficient (Wildman–Crippen LogP) is 1.32. The van der Waals surface area contributed by atoms with Crippen LogP contribution in [0.1, 0.15) is 27.3 Å². The second-order valence-electron chi connectivity index (χ2n) is 8.89. The molecule has 3 N–H and O–H groups in total.